The average molecular weight is 339 g/mol. The molecule has 2 N–H and O–H groups in total. The first-order valence-corrected chi connectivity index (χ1v) is 8.20. The molecule has 3 unspecified atom stereocenters. The van der Waals surface area contributed by atoms with Gasteiger partial charge in [0, 0.05) is 4.47 Å². The molecule has 0 radical (unpaired) electrons. The van der Waals surface area contributed by atoms with Crippen molar-refractivity contribution in [3.8, 4) is 0 Å². The monoisotopic (exact) mass is 338 g/mol. The maximum absolute atomic E-state index is 12.4. The zero-order chi connectivity index (χ0) is 14.5. The van der Waals surface area contributed by atoms with E-state index >= 15 is 0 Å². The minimum Gasteiger partial charge on any atom is -0.348 e. The quantitative estimate of drug-likeness (QED) is 0.883. The van der Waals surface area contributed by atoms with E-state index in [0.717, 1.165) is 35.8 Å². The van der Waals surface area contributed by atoms with Crippen LogP contribution in [-0.4, -0.2) is 18.5 Å². The fourth-order valence-corrected chi connectivity index (χ4v) is 3.04. The third kappa shape index (κ3) is 3.83. The lowest BCUT2D eigenvalue weighted by Gasteiger charge is -2.30. The molecular weight excluding hydrogens is 316 g/mol. The minimum absolute atomic E-state index is 0.0479. The number of piperidine rings is 1. The summed E-state index contributed by atoms with van der Waals surface area (Å²) in [4.78, 5) is 12.4. The third-order valence-electron chi connectivity index (χ3n) is 4.05. The van der Waals surface area contributed by atoms with Crippen molar-refractivity contribution in [1.29, 1.82) is 0 Å². The number of rotatable bonds is 4. The summed E-state index contributed by atoms with van der Waals surface area (Å²) in [5, 5.41) is 6.52. The van der Waals surface area contributed by atoms with E-state index in [-0.39, 0.29) is 18.0 Å². The molecule has 0 bridgehead atoms. The first-order valence-electron chi connectivity index (χ1n) is 7.41. The highest BCUT2D eigenvalue weighted by molar-refractivity contribution is 9.10. The maximum Gasteiger partial charge on any atom is 0.237 e. The molecule has 0 aliphatic carbocycles. The molecule has 1 saturated heterocycles. The van der Waals surface area contributed by atoms with Crippen LogP contribution in [0.2, 0.25) is 0 Å². The molecular formula is C16H23BrN2O. The second kappa shape index (κ2) is 7.23. The van der Waals surface area contributed by atoms with Crippen LogP contribution in [0.3, 0.4) is 0 Å². The van der Waals surface area contributed by atoms with Gasteiger partial charge in [0.1, 0.15) is 0 Å². The average Bonchev–Trinajstić information content (AvgIpc) is 2.46. The van der Waals surface area contributed by atoms with Gasteiger partial charge in [0.2, 0.25) is 5.91 Å². The normalized spacial score (nSPS) is 24.1. The van der Waals surface area contributed by atoms with E-state index in [9.17, 15) is 4.79 Å². The highest BCUT2D eigenvalue weighted by Crippen LogP contribution is 2.21. The van der Waals surface area contributed by atoms with Crippen molar-refractivity contribution in [2.24, 2.45) is 5.92 Å². The molecule has 2 rings (SSSR count). The number of hydrogen-bond donors (Lipinski definition) is 2. The molecule has 1 fully saturated rings. The number of amides is 1. The van der Waals surface area contributed by atoms with Gasteiger partial charge in [-0.25, -0.2) is 0 Å². The third-order valence-corrected chi connectivity index (χ3v) is 4.58. The predicted molar refractivity (Wildman–Crippen MR) is 85.5 cm³/mol. The molecule has 20 heavy (non-hydrogen) atoms. The summed E-state index contributed by atoms with van der Waals surface area (Å²) in [5.74, 6) is 0.540. The molecule has 0 saturated carbocycles. The van der Waals surface area contributed by atoms with E-state index in [1.807, 2.05) is 12.1 Å². The lowest BCUT2D eigenvalue weighted by molar-refractivity contribution is -0.125. The maximum atomic E-state index is 12.4. The molecule has 1 aromatic rings. The van der Waals surface area contributed by atoms with Gasteiger partial charge in [-0.15, -0.1) is 0 Å². The Hall–Kier alpha value is -0.870. The number of halogens is 1. The minimum atomic E-state index is -0.0479. The second-order valence-electron chi connectivity index (χ2n) is 5.57. The lowest BCUT2D eigenvalue weighted by atomic mass is 9.91. The molecule has 1 aromatic carbocycles. The Morgan fingerprint density at radius 2 is 2.15 bits per heavy atom. The van der Waals surface area contributed by atoms with E-state index in [1.165, 1.54) is 0 Å². The molecule has 1 amide bonds. The van der Waals surface area contributed by atoms with Crippen LogP contribution in [0.4, 0.5) is 0 Å². The van der Waals surface area contributed by atoms with Gasteiger partial charge in [-0.1, -0.05) is 41.9 Å². The highest BCUT2D eigenvalue weighted by Gasteiger charge is 2.28. The van der Waals surface area contributed by atoms with Crippen LogP contribution in [-0.2, 0) is 4.79 Å². The van der Waals surface area contributed by atoms with Gasteiger partial charge in [0.25, 0.3) is 0 Å². The van der Waals surface area contributed by atoms with E-state index in [2.05, 4.69) is 52.5 Å². The molecule has 1 aliphatic rings. The van der Waals surface area contributed by atoms with Crippen molar-refractivity contribution in [3.05, 3.63) is 34.3 Å². The fraction of sp³-hybridized carbons (Fsp3) is 0.562. The number of carbonyl (C=O) groups excluding carboxylic acids is 1. The Labute approximate surface area is 129 Å². The van der Waals surface area contributed by atoms with E-state index in [1.54, 1.807) is 0 Å². The molecule has 0 spiro atoms. The van der Waals surface area contributed by atoms with Crippen LogP contribution < -0.4 is 10.6 Å². The first kappa shape index (κ1) is 15.5. The molecule has 1 heterocycles. The molecule has 0 aromatic heterocycles. The van der Waals surface area contributed by atoms with Crippen molar-refractivity contribution >= 4 is 21.8 Å². The molecule has 3 nitrogen and oxygen atoms in total. The summed E-state index contributed by atoms with van der Waals surface area (Å²) in [6.07, 6.45) is 3.18. The van der Waals surface area contributed by atoms with E-state index in [0.29, 0.717) is 5.92 Å². The van der Waals surface area contributed by atoms with Gasteiger partial charge in [-0.05, 0) is 49.4 Å². The van der Waals surface area contributed by atoms with Crippen LogP contribution in [0.15, 0.2) is 28.7 Å². The largest absolute Gasteiger partial charge is 0.348 e. The Kier molecular flexibility index (Phi) is 5.61. The number of hydrogen-bond acceptors (Lipinski definition) is 2. The highest BCUT2D eigenvalue weighted by atomic mass is 79.9. The van der Waals surface area contributed by atoms with Crippen molar-refractivity contribution in [2.75, 3.05) is 6.54 Å². The summed E-state index contributed by atoms with van der Waals surface area (Å²) >= 11 is 3.44. The van der Waals surface area contributed by atoms with Crippen molar-refractivity contribution in [2.45, 2.75) is 45.2 Å². The van der Waals surface area contributed by atoms with Crippen molar-refractivity contribution in [3.63, 3.8) is 0 Å². The Bertz CT molecular complexity index is 446. The van der Waals surface area contributed by atoms with Crippen LogP contribution in [0.5, 0.6) is 0 Å². The fourth-order valence-electron chi connectivity index (χ4n) is 2.78. The standard InChI is InChI=1S/C16H23BrN2O/c1-3-14(12-6-8-13(17)9-7-12)19-16(20)15-11(2)5-4-10-18-15/h6-9,11,14-15,18H,3-5,10H2,1-2H3,(H,19,20). The van der Waals surface area contributed by atoms with Gasteiger partial charge in [0.15, 0.2) is 0 Å². The van der Waals surface area contributed by atoms with Gasteiger partial charge < -0.3 is 10.6 Å². The molecule has 110 valence electrons. The smallest absolute Gasteiger partial charge is 0.237 e. The van der Waals surface area contributed by atoms with Crippen molar-refractivity contribution < 1.29 is 4.79 Å². The summed E-state index contributed by atoms with van der Waals surface area (Å²) in [7, 11) is 0. The summed E-state index contributed by atoms with van der Waals surface area (Å²) in [5.41, 5.74) is 1.16. The first-order chi connectivity index (χ1) is 9.61. The Balaban J connectivity index is 2.02. The van der Waals surface area contributed by atoms with Gasteiger partial charge in [-0.2, -0.15) is 0 Å². The Morgan fingerprint density at radius 1 is 1.45 bits per heavy atom. The van der Waals surface area contributed by atoms with Gasteiger partial charge >= 0.3 is 0 Å². The van der Waals surface area contributed by atoms with Crippen LogP contribution in [0, 0.1) is 5.92 Å². The summed E-state index contributed by atoms with van der Waals surface area (Å²) < 4.78 is 1.06. The van der Waals surface area contributed by atoms with E-state index < -0.39 is 0 Å². The van der Waals surface area contributed by atoms with E-state index in [4.69, 9.17) is 0 Å². The zero-order valence-electron chi connectivity index (χ0n) is 12.2. The van der Waals surface area contributed by atoms with Crippen LogP contribution in [0.25, 0.3) is 0 Å². The lowest BCUT2D eigenvalue weighted by Crippen LogP contribution is -2.51. The Morgan fingerprint density at radius 3 is 2.75 bits per heavy atom. The van der Waals surface area contributed by atoms with Gasteiger partial charge in [0.05, 0.1) is 12.1 Å². The predicted octanol–water partition coefficient (Wildman–Crippen LogP) is 3.40. The van der Waals surface area contributed by atoms with Crippen LogP contribution >= 0.6 is 15.9 Å². The number of carbonyl (C=O) groups is 1. The van der Waals surface area contributed by atoms with Crippen molar-refractivity contribution in [1.82, 2.24) is 10.6 Å². The molecule has 4 heteroatoms. The number of benzene rings is 1. The van der Waals surface area contributed by atoms with Gasteiger partial charge in [-0.3, -0.25) is 4.79 Å². The number of nitrogens with one attached hydrogen (secondary N) is 2. The summed E-state index contributed by atoms with van der Waals surface area (Å²) in [6, 6.07) is 8.21. The SMILES string of the molecule is CCC(NC(=O)C1NCCCC1C)c1ccc(Br)cc1. The molecule has 1 aliphatic heterocycles. The van der Waals surface area contributed by atoms with Crippen LogP contribution in [0.1, 0.15) is 44.7 Å². The second-order valence-corrected chi connectivity index (χ2v) is 6.49. The zero-order valence-corrected chi connectivity index (χ0v) is 13.7. The summed E-state index contributed by atoms with van der Waals surface area (Å²) in [6.45, 7) is 5.19. The molecule has 3 atom stereocenters. The topological polar surface area (TPSA) is 41.1 Å².